The number of aryl methyl sites for hydroxylation is 1. The molecule has 174 valence electrons. The minimum absolute atomic E-state index is 0.0853. The molecule has 0 aliphatic carbocycles. The molecule has 1 aromatic heterocycles. The standard InChI is InChI=1S/C25H30N4O4/c1-33-20-8-6-19(7-9-20)17-28-13-10-18(11-14-28)16-26-23(30)12-15-29-22-5-3-2-4-21(22)24(31)27-25(29)32/h2-9,18H,10-17H2,1H3,(H,26,30)(H,27,31,32). The zero-order valence-electron chi connectivity index (χ0n) is 18.9. The third-order valence-corrected chi connectivity index (χ3v) is 6.33. The van der Waals surface area contributed by atoms with E-state index in [0.29, 0.717) is 23.4 Å². The monoisotopic (exact) mass is 450 g/mol. The van der Waals surface area contributed by atoms with Crippen LogP contribution < -0.4 is 21.3 Å². The summed E-state index contributed by atoms with van der Waals surface area (Å²) in [6.45, 7) is 3.81. The Morgan fingerprint density at radius 1 is 1.09 bits per heavy atom. The Kier molecular flexibility index (Phi) is 7.24. The van der Waals surface area contributed by atoms with E-state index < -0.39 is 11.2 Å². The van der Waals surface area contributed by atoms with Crippen molar-refractivity contribution in [1.29, 1.82) is 0 Å². The molecule has 4 rings (SSSR count). The molecule has 1 amide bonds. The van der Waals surface area contributed by atoms with Crippen LogP contribution >= 0.6 is 0 Å². The van der Waals surface area contributed by atoms with Gasteiger partial charge in [0.15, 0.2) is 0 Å². The van der Waals surface area contributed by atoms with Crippen molar-refractivity contribution in [2.24, 2.45) is 5.92 Å². The van der Waals surface area contributed by atoms with Gasteiger partial charge in [-0.25, -0.2) is 4.79 Å². The lowest BCUT2D eigenvalue weighted by atomic mass is 9.96. The number of aromatic amines is 1. The summed E-state index contributed by atoms with van der Waals surface area (Å²) in [6, 6.07) is 15.1. The topological polar surface area (TPSA) is 96.4 Å². The van der Waals surface area contributed by atoms with Gasteiger partial charge in [-0.15, -0.1) is 0 Å². The van der Waals surface area contributed by atoms with Gasteiger partial charge < -0.3 is 10.1 Å². The van der Waals surface area contributed by atoms with Gasteiger partial charge in [-0.3, -0.25) is 24.0 Å². The molecular weight excluding hydrogens is 420 g/mol. The average molecular weight is 451 g/mol. The third-order valence-electron chi connectivity index (χ3n) is 6.33. The molecule has 2 heterocycles. The lowest BCUT2D eigenvalue weighted by molar-refractivity contribution is -0.121. The molecule has 2 N–H and O–H groups in total. The molecule has 2 aromatic carbocycles. The Balaban J connectivity index is 1.22. The van der Waals surface area contributed by atoms with Crippen molar-refractivity contribution in [2.75, 3.05) is 26.7 Å². The molecule has 0 radical (unpaired) electrons. The van der Waals surface area contributed by atoms with Gasteiger partial charge in [0.1, 0.15) is 5.75 Å². The zero-order chi connectivity index (χ0) is 23.2. The van der Waals surface area contributed by atoms with E-state index in [0.717, 1.165) is 38.2 Å². The normalized spacial score (nSPS) is 14.9. The Labute approximate surface area is 192 Å². The van der Waals surface area contributed by atoms with E-state index in [9.17, 15) is 14.4 Å². The summed E-state index contributed by atoms with van der Waals surface area (Å²) in [7, 11) is 1.67. The van der Waals surface area contributed by atoms with Crippen molar-refractivity contribution in [2.45, 2.75) is 32.4 Å². The Morgan fingerprint density at radius 3 is 2.55 bits per heavy atom. The number of nitrogens with zero attached hydrogens (tertiary/aromatic N) is 2. The molecule has 1 aliphatic rings. The first-order valence-electron chi connectivity index (χ1n) is 11.4. The highest BCUT2D eigenvalue weighted by atomic mass is 16.5. The number of hydrogen-bond donors (Lipinski definition) is 2. The van der Waals surface area contributed by atoms with Gasteiger partial charge in [-0.05, 0) is 61.7 Å². The first kappa shape index (κ1) is 22.8. The molecular formula is C25H30N4O4. The summed E-state index contributed by atoms with van der Waals surface area (Å²) in [4.78, 5) is 41.4. The van der Waals surface area contributed by atoms with Crippen LogP contribution in [0.4, 0.5) is 0 Å². The van der Waals surface area contributed by atoms with Crippen LogP contribution in [-0.4, -0.2) is 47.1 Å². The third kappa shape index (κ3) is 5.70. The number of nitrogens with one attached hydrogen (secondary N) is 2. The van der Waals surface area contributed by atoms with Gasteiger partial charge >= 0.3 is 5.69 Å². The number of hydrogen-bond acceptors (Lipinski definition) is 5. The highest BCUT2D eigenvalue weighted by molar-refractivity contribution is 5.78. The largest absolute Gasteiger partial charge is 0.497 e. The van der Waals surface area contributed by atoms with Crippen LogP contribution in [0, 0.1) is 5.92 Å². The fraction of sp³-hybridized carbons (Fsp3) is 0.400. The molecule has 3 aromatic rings. The van der Waals surface area contributed by atoms with Crippen LogP contribution in [0.2, 0.25) is 0 Å². The lowest BCUT2D eigenvalue weighted by Gasteiger charge is -2.32. The molecule has 0 unspecified atom stereocenters. The second-order valence-electron chi connectivity index (χ2n) is 8.55. The van der Waals surface area contributed by atoms with Crippen LogP contribution in [-0.2, 0) is 17.9 Å². The van der Waals surface area contributed by atoms with Gasteiger partial charge in [0.05, 0.1) is 18.0 Å². The number of piperidine rings is 1. The van der Waals surface area contributed by atoms with Crippen molar-refractivity contribution in [3.05, 3.63) is 74.9 Å². The summed E-state index contributed by atoms with van der Waals surface area (Å²) in [5.74, 6) is 1.24. The Bertz CT molecular complexity index is 1210. The number of likely N-dealkylation sites (tertiary alicyclic amines) is 1. The van der Waals surface area contributed by atoms with Crippen LogP contribution in [0.15, 0.2) is 58.1 Å². The van der Waals surface area contributed by atoms with Crippen LogP contribution in [0.3, 0.4) is 0 Å². The van der Waals surface area contributed by atoms with Gasteiger partial charge in [0, 0.05) is 26.1 Å². The second-order valence-corrected chi connectivity index (χ2v) is 8.55. The second kappa shape index (κ2) is 10.5. The predicted octanol–water partition coefficient (Wildman–Crippen LogP) is 2.12. The van der Waals surface area contributed by atoms with Gasteiger partial charge in [-0.2, -0.15) is 0 Å². The average Bonchev–Trinajstić information content (AvgIpc) is 2.84. The number of ether oxygens (including phenoxy) is 1. The maximum absolute atomic E-state index is 12.4. The number of H-pyrrole nitrogens is 1. The van der Waals surface area contributed by atoms with Crippen molar-refractivity contribution in [1.82, 2.24) is 19.8 Å². The van der Waals surface area contributed by atoms with Crippen LogP contribution in [0.25, 0.3) is 10.9 Å². The number of para-hydroxylation sites is 1. The minimum Gasteiger partial charge on any atom is -0.497 e. The van der Waals surface area contributed by atoms with Crippen molar-refractivity contribution in [3.8, 4) is 5.75 Å². The molecule has 0 spiro atoms. The summed E-state index contributed by atoms with van der Waals surface area (Å²) in [6.07, 6.45) is 2.27. The van der Waals surface area contributed by atoms with E-state index in [4.69, 9.17) is 4.74 Å². The number of fused-ring (bicyclic) bond motifs is 1. The Morgan fingerprint density at radius 2 is 1.82 bits per heavy atom. The smallest absolute Gasteiger partial charge is 0.328 e. The van der Waals surface area contributed by atoms with Gasteiger partial charge in [-0.1, -0.05) is 24.3 Å². The summed E-state index contributed by atoms with van der Waals surface area (Å²) >= 11 is 0. The SMILES string of the molecule is COc1ccc(CN2CCC(CNC(=O)CCn3c(=O)[nH]c(=O)c4ccccc43)CC2)cc1. The molecule has 1 saturated heterocycles. The summed E-state index contributed by atoms with van der Waals surface area (Å²) in [5.41, 5.74) is 0.918. The molecule has 8 nitrogen and oxygen atoms in total. The number of rotatable bonds is 8. The molecule has 0 bridgehead atoms. The molecule has 1 aliphatic heterocycles. The molecule has 8 heteroatoms. The first-order valence-corrected chi connectivity index (χ1v) is 11.4. The highest BCUT2D eigenvalue weighted by Crippen LogP contribution is 2.20. The molecule has 33 heavy (non-hydrogen) atoms. The minimum atomic E-state index is -0.490. The van der Waals surface area contributed by atoms with E-state index in [2.05, 4.69) is 27.3 Å². The van der Waals surface area contributed by atoms with E-state index in [1.54, 1.807) is 31.4 Å². The predicted molar refractivity (Wildman–Crippen MR) is 127 cm³/mol. The van der Waals surface area contributed by atoms with E-state index in [-0.39, 0.29) is 18.9 Å². The van der Waals surface area contributed by atoms with E-state index in [1.165, 1.54) is 10.1 Å². The number of amides is 1. The maximum atomic E-state index is 12.4. The van der Waals surface area contributed by atoms with Crippen LogP contribution in [0.1, 0.15) is 24.8 Å². The number of methoxy groups -OCH3 is 1. The zero-order valence-corrected chi connectivity index (χ0v) is 18.9. The molecule has 0 saturated carbocycles. The number of aromatic nitrogens is 2. The Hall–Kier alpha value is -3.39. The van der Waals surface area contributed by atoms with Gasteiger partial charge in [0.25, 0.3) is 5.56 Å². The van der Waals surface area contributed by atoms with Crippen LogP contribution in [0.5, 0.6) is 5.75 Å². The quantitative estimate of drug-likeness (QED) is 0.548. The fourth-order valence-corrected chi connectivity index (χ4v) is 4.36. The highest BCUT2D eigenvalue weighted by Gasteiger charge is 2.20. The van der Waals surface area contributed by atoms with Crippen molar-refractivity contribution in [3.63, 3.8) is 0 Å². The van der Waals surface area contributed by atoms with E-state index in [1.807, 2.05) is 12.1 Å². The summed E-state index contributed by atoms with van der Waals surface area (Å²) in [5, 5.41) is 3.46. The number of benzene rings is 2. The van der Waals surface area contributed by atoms with E-state index >= 15 is 0 Å². The summed E-state index contributed by atoms with van der Waals surface area (Å²) < 4.78 is 6.66. The lowest BCUT2D eigenvalue weighted by Crippen LogP contribution is -2.38. The molecule has 1 fully saturated rings. The first-order chi connectivity index (χ1) is 16.0. The number of carbonyl (C=O) groups excluding carboxylic acids is 1. The fourth-order valence-electron chi connectivity index (χ4n) is 4.36. The molecule has 0 atom stereocenters. The van der Waals surface area contributed by atoms with Crippen molar-refractivity contribution >= 4 is 16.8 Å². The number of carbonyl (C=O) groups is 1. The van der Waals surface area contributed by atoms with Gasteiger partial charge in [0.2, 0.25) is 5.91 Å². The van der Waals surface area contributed by atoms with Crippen molar-refractivity contribution < 1.29 is 9.53 Å². The maximum Gasteiger partial charge on any atom is 0.328 e.